The number of carbonyl (C=O) groups is 5. The van der Waals surface area contributed by atoms with Gasteiger partial charge in [-0.25, -0.2) is 18.6 Å². The molecule has 2 atom stereocenters. The lowest BCUT2D eigenvalue weighted by molar-refractivity contribution is -0.117. The van der Waals surface area contributed by atoms with E-state index < -0.39 is 5.97 Å². The van der Waals surface area contributed by atoms with Gasteiger partial charge in [-0.2, -0.15) is 0 Å². The van der Waals surface area contributed by atoms with Crippen LogP contribution in [0.3, 0.4) is 0 Å². The zero-order valence-electron chi connectivity index (χ0n) is 41.0. The molecule has 0 spiro atoms. The molecule has 16 nitrogen and oxygen atoms in total. The Hall–Kier alpha value is -6.05. The third-order valence-electron chi connectivity index (χ3n) is 13.0. The highest BCUT2D eigenvalue weighted by molar-refractivity contribution is 7.96. The van der Waals surface area contributed by atoms with E-state index in [0.29, 0.717) is 35.9 Å². The molecule has 2 aliphatic heterocycles. The van der Waals surface area contributed by atoms with Crippen molar-refractivity contribution in [2.45, 2.75) is 95.5 Å². The van der Waals surface area contributed by atoms with Crippen LogP contribution in [0.4, 0.5) is 17.2 Å². The summed E-state index contributed by atoms with van der Waals surface area (Å²) in [4.78, 5) is 63.3. The maximum atomic E-state index is 12.3. The van der Waals surface area contributed by atoms with Gasteiger partial charge < -0.3 is 35.4 Å². The number of nitrogens with zero attached hydrogens (tertiary/aromatic N) is 6. The second-order valence-corrected chi connectivity index (χ2v) is 20.4. The Morgan fingerprint density at radius 3 is 2.45 bits per heavy atom. The molecular weight excluding hydrogens is 964 g/mol. The Bertz CT molecular complexity index is 2790. The molecule has 378 valence electrons. The van der Waals surface area contributed by atoms with Crippen LogP contribution in [-0.2, 0) is 20.1 Å². The second kappa shape index (κ2) is 25.4. The fourth-order valence-electron chi connectivity index (χ4n) is 9.47. The molecule has 71 heavy (non-hydrogen) atoms. The Labute approximate surface area is 427 Å². The van der Waals surface area contributed by atoms with Crippen LogP contribution in [-0.4, -0.2) is 118 Å². The van der Waals surface area contributed by atoms with Gasteiger partial charge in [0.2, 0.25) is 12.8 Å². The van der Waals surface area contributed by atoms with Gasteiger partial charge in [-0.1, -0.05) is 73.3 Å². The summed E-state index contributed by atoms with van der Waals surface area (Å²) in [6.45, 7) is 11.4. The molecule has 3 aromatic carbocycles. The minimum Gasteiger partial charge on any atom is -0.483 e. The first-order valence-electron chi connectivity index (χ1n) is 23.6. The average Bonchev–Trinajstić information content (AvgIpc) is 3.96. The number of rotatable bonds is 19. The number of nitrogens with one attached hydrogen (secondary N) is 2. The van der Waals surface area contributed by atoms with Crippen LogP contribution in [0.15, 0.2) is 73.1 Å². The number of aliphatic hydroxyl groups excluding tert-OH is 1. The summed E-state index contributed by atoms with van der Waals surface area (Å²) in [6, 6.07) is 21.2. The van der Waals surface area contributed by atoms with Crippen molar-refractivity contribution in [1.82, 2.24) is 24.2 Å². The first kappa shape index (κ1) is 54.3. The van der Waals surface area contributed by atoms with Crippen LogP contribution in [0.5, 0.6) is 5.75 Å². The second-order valence-electron chi connectivity index (χ2n) is 18.0. The normalized spacial score (nSPS) is 16.2. The molecule has 8 rings (SSSR count). The van der Waals surface area contributed by atoms with E-state index in [1.54, 1.807) is 5.32 Å². The van der Waals surface area contributed by atoms with Crippen molar-refractivity contribution in [1.29, 1.82) is 0 Å². The lowest BCUT2D eigenvalue weighted by Crippen LogP contribution is -2.49. The molecule has 4 N–H and O–H groups in total. The number of hydrogen-bond donors (Lipinski definition) is 4. The van der Waals surface area contributed by atoms with Crippen LogP contribution in [0.2, 0.25) is 5.02 Å². The van der Waals surface area contributed by atoms with E-state index in [0.717, 1.165) is 134 Å². The van der Waals surface area contributed by atoms with Crippen molar-refractivity contribution in [3.8, 4) is 16.2 Å². The number of carboxylic acid groups (broad SMARTS) is 1. The van der Waals surface area contributed by atoms with Crippen LogP contribution in [0.25, 0.3) is 26.9 Å². The number of carbonyl (C=O) groups excluding carboxylic acids is 4. The van der Waals surface area contributed by atoms with E-state index in [4.69, 9.17) is 41.1 Å². The Balaban J connectivity index is 0.00000111. The molecule has 2 unspecified atom stereocenters. The highest BCUT2D eigenvalue weighted by atomic mass is 35.5. The summed E-state index contributed by atoms with van der Waals surface area (Å²) >= 11 is 9.46. The SMILES string of the molecule is CCCC(C)N(C)c1ccc(C2CCN(c3cc4ncc(CSN5CCC(Nc6cccc(-c7sc(C(=O)O)c(OCC=O)c7Cl)c6)CC5(C)C)cn4n3)CC2)c2cccc(C=O)c12.CO.O=CNC=O. The minimum atomic E-state index is -1.15. The number of aromatic carboxylic acids is 1. The van der Waals surface area contributed by atoms with E-state index in [9.17, 15) is 19.5 Å². The monoisotopic (exact) mass is 1030 g/mol. The smallest absolute Gasteiger partial charge is 0.349 e. The Morgan fingerprint density at radius 2 is 1.79 bits per heavy atom. The van der Waals surface area contributed by atoms with Crippen molar-refractivity contribution in [2.75, 3.05) is 55.5 Å². The molecule has 0 bridgehead atoms. The molecule has 0 saturated carbocycles. The number of amides is 2. The van der Waals surface area contributed by atoms with Crippen molar-refractivity contribution in [3.63, 3.8) is 0 Å². The minimum absolute atomic E-state index is 0.0209. The summed E-state index contributed by atoms with van der Waals surface area (Å²) in [6.07, 6.45) is 12.3. The lowest BCUT2D eigenvalue weighted by Gasteiger charge is -2.45. The molecule has 5 heterocycles. The molecule has 2 amide bonds. The molecule has 3 aromatic heterocycles. The summed E-state index contributed by atoms with van der Waals surface area (Å²) in [5.41, 5.74) is 6.75. The fourth-order valence-corrected chi connectivity index (χ4v) is 12.0. The third kappa shape index (κ3) is 12.9. The number of halogens is 1. The van der Waals surface area contributed by atoms with E-state index in [-0.39, 0.29) is 33.8 Å². The predicted molar refractivity (Wildman–Crippen MR) is 285 cm³/mol. The van der Waals surface area contributed by atoms with Crippen molar-refractivity contribution in [2.24, 2.45) is 0 Å². The molecule has 0 aliphatic carbocycles. The van der Waals surface area contributed by atoms with Gasteiger partial charge in [-0.05, 0) is 93.5 Å². The van der Waals surface area contributed by atoms with E-state index >= 15 is 0 Å². The van der Waals surface area contributed by atoms with Crippen LogP contribution in [0.1, 0.15) is 103 Å². The van der Waals surface area contributed by atoms with Gasteiger partial charge in [0.25, 0.3) is 0 Å². The number of aromatic nitrogens is 3. The number of ether oxygens (including phenoxy) is 1. The van der Waals surface area contributed by atoms with Crippen LogP contribution >= 0.6 is 34.9 Å². The lowest BCUT2D eigenvalue weighted by atomic mass is 9.85. The zero-order valence-corrected chi connectivity index (χ0v) is 43.4. The maximum absolute atomic E-state index is 12.3. The van der Waals surface area contributed by atoms with E-state index in [1.165, 1.54) is 10.9 Å². The Morgan fingerprint density at radius 1 is 1.04 bits per heavy atom. The fraction of sp³-hybridized carbons (Fsp3) is 0.404. The van der Waals surface area contributed by atoms with Gasteiger partial charge in [0.05, 0.1) is 4.88 Å². The van der Waals surface area contributed by atoms with Gasteiger partial charge in [0.15, 0.2) is 34.7 Å². The number of imide groups is 1. The number of carboxylic acids is 1. The number of aldehydes is 2. The third-order valence-corrected chi connectivity index (χ3v) is 16.1. The van der Waals surface area contributed by atoms with Crippen LogP contribution in [0, 0.1) is 0 Å². The largest absolute Gasteiger partial charge is 0.483 e. The number of benzene rings is 3. The Kier molecular flexibility index (Phi) is 19.4. The summed E-state index contributed by atoms with van der Waals surface area (Å²) in [5.74, 6) is 0.981. The predicted octanol–water partition coefficient (Wildman–Crippen LogP) is 9.36. The van der Waals surface area contributed by atoms with Crippen molar-refractivity contribution >= 4 is 99.9 Å². The van der Waals surface area contributed by atoms with Gasteiger partial charge in [0.1, 0.15) is 11.6 Å². The number of fused-ring (bicyclic) bond motifs is 2. The molecular formula is C52H63ClN8O8S2. The highest BCUT2D eigenvalue weighted by Gasteiger charge is 2.36. The topological polar surface area (TPSA) is 199 Å². The first-order chi connectivity index (χ1) is 34.3. The van der Waals surface area contributed by atoms with Crippen molar-refractivity contribution in [3.05, 3.63) is 99.6 Å². The number of aliphatic hydroxyl groups is 1. The van der Waals surface area contributed by atoms with E-state index in [1.807, 2.05) is 59.1 Å². The molecule has 19 heteroatoms. The van der Waals surface area contributed by atoms with Gasteiger partial charge >= 0.3 is 5.97 Å². The number of anilines is 3. The van der Waals surface area contributed by atoms with Gasteiger partial charge in [0, 0.05) is 104 Å². The van der Waals surface area contributed by atoms with E-state index in [2.05, 4.69) is 84.6 Å². The summed E-state index contributed by atoms with van der Waals surface area (Å²) in [5, 5.41) is 29.6. The zero-order chi connectivity index (χ0) is 51.2. The standard InChI is InChI=1S/C49H56ClN7O5S2.C2H3NO2.CH4O/c1-6-9-31(2)54(5)40-15-14-38(39-13-8-11-35(29-59)43(39)40)33-16-19-55(20-17-33)42-25-41-51-27-32(28-56(41)53-42)30-63-57-21-18-37(26-49(57,3)4)52-36-12-7-10-34(24-36)46-44(50)45(62-23-22-58)47(64-46)48(60)61;4-1-3-2-5;1-2/h7-8,10-15,22,24-25,27-29,31,33,37,52H,6,9,16-21,23,26,30H2,1-5H3,(H,60,61);1-2H,(H,3,4,5);2H,1H3. The van der Waals surface area contributed by atoms with Crippen LogP contribution < -0.4 is 25.2 Å². The number of hydrogen-bond acceptors (Lipinski definition) is 15. The number of thiophene rings is 1. The number of piperidine rings is 2. The molecule has 2 saturated heterocycles. The van der Waals surface area contributed by atoms with Gasteiger partial charge in [-0.3, -0.25) is 19.2 Å². The molecule has 6 aromatic rings. The quantitative estimate of drug-likeness (QED) is 0.0442. The first-order valence-corrected chi connectivity index (χ1v) is 25.7. The van der Waals surface area contributed by atoms with Crippen molar-refractivity contribution < 1.29 is 38.9 Å². The highest BCUT2D eigenvalue weighted by Crippen LogP contribution is 2.46. The summed E-state index contributed by atoms with van der Waals surface area (Å²) in [7, 11) is 3.15. The molecule has 0 radical (unpaired) electrons. The molecule has 2 fully saturated rings. The molecule has 2 aliphatic rings. The maximum Gasteiger partial charge on any atom is 0.349 e. The summed E-state index contributed by atoms with van der Waals surface area (Å²) < 4.78 is 9.79. The van der Waals surface area contributed by atoms with Gasteiger partial charge in [-0.15, -0.1) is 16.4 Å². The average molecular weight is 1030 g/mol.